The Bertz CT molecular complexity index is 301. The maximum absolute atomic E-state index is 9.29. The molecule has 1 heterocycles. The highest BCUT2D eigenvalue weighted by Gasteiger charge is 2.36. The van der Waals surface area contributed by atoms with Crippen molar-refractivity contribution < 1.29 is 5.11 Å². The van der Waals surface area contributed by atoms with Crippen molar-refractivity contribution >= 4 is 11.8 Å². The van der Waals surface area contributed by atoms with Crippen LogP contribution in [0.3, 0.4) is 0 Å². The van der Waals surface area contributed by atoms with E-state index in [0.29, 0.717) is 6.61 Å². The largest absolute Gasteiger partial charge is 0.396 e. The van der Waals surface area contributed by atoms with Crippen LogP contribution in [0, 0.1) is 5.41 Å². The Labute approximate surface area is 88.5 Å². The summed E-state index contributed by atoms with van der Waals surface area (Å²) in [4.78, 5) is 1.20. The third-order valence-electron chi connectivity index (χ3n) is 2.98. The monoisotopic (exact) mass is 212 g/mol. The highest BCUT2D eigenvalue weighted by atomic mass is 32.2. The fourth-order valence-corrected chi connectivity index (χ4v) is 2.94. The molecular formula is C10H16N2OS. The van der Waals surface area contributed by atoms with Gasteiger partial charge in [0.15, 0.2) is 0 Å². The predicted octanol–water partition coefficient (Wildman–Crippen LogP) is 1.67. The van der Waals surface area contributed by atoms with E-state index in [0.717, 1.165) is 5.75 Å². The van der Waals surface area contributed by atoms with E-state index in [1.165, 1.54) is 24.2 Å². The van der Waals surface area contributed by atoms with Crippen molar-refractivity contribution in [3.05, 3.63) is 12.4 Å². The Balaban J connectivity index is 1.87. The minimum atomic E-state index is 0.209. The van der Waals surface area contributed by atoms with Crippen LogP contribution >= 0.6 is 11.8 Å². The fraction of sp³-hybridized carbons (Fsp3) is 0.700. The first kappa shape index (κ1) is 10.1. The highest BCUT2D eigenvalue weighted by Crippen LogP contribution is 2.44. The first-order valence-electron chi connectivity index (χ1n) is 4.96. The quantitative estimate of drug-likeness (QED) is 0.772. The van der Waals surface area contributed by atoms with Gasteiger partial charge in [-0.25, -0.2) is 0 Å². The van der Waals surface area contributed by atoms with E-state index in [1.807, 2.05) is 24.1 Å². The summed E-state index contributed by atoms with van der Waals surface area (Å²) in [6, 6.07) is 0. The van der Waals surface area contributed by atoms with Crippen LogP contribution in [0.25, 0.3) is 0 Å². The number of hydrogen-bond acceptors (Lipinski definition) is 3. The topological polar surface area (TPSA) is 38.0 Å². The van der Waals surface area contributed by atoms with Crippen molar-refractivity contribution in [2.24, 2.45) is 12.5 Å². The summed E-state index contributed by atoms with van der Waals surface area (Å²) in [6.45, 7) is 0.334. The van der Waals surface area contributed by atoms with E-state index >= 15 is 0 Å². The third-order valence-corrected chi connectivity index (χ3v) is 4.28. The predicted molar refractivity (Wildman–Crippen MR) is 57.3 cm³/mol. The molecule has 0 unspecified atom stereocenters. The SMILES string of the molecule is Cn1cc(SCC2(CO)CCC2)cn1. The van der Waals surface area contributed by atoms with Crippen LogP contribution in [0.4, 0.5) is 0 Å². The van der Waals surface area contributed by atoms with Gasteiger partial charge in [-0.1, -0.05) is 6.42 Å². The first-order valence-corrected chi connectivity index (χ1v) is 5.95. The average molecular weight is 212 g/mol. The lowest BCUT2D eigenvalue weighted by molar-refractivity contribution is 0.0685. The summed E-state index contributed by atoms with van der Waals surface area (Å²) < 4.78 is 1.81. The first-order chi connectivity index (χ1) is 6.74. The Hall–Kier alpha value is -0.480. The normalized spacial score (nSPS) is 19.3. The van der Waals surface area contributed by atoms with Crippen LogP contribution in [-0.2, 0) is 7.05 Å². The van der Waals surface area contributed by atoms with E-state index < -0.39 is 0 Å². The molecule has 14 heavy (non-hydrogen) atoms. The zero-order chi connectivity index (χ0) is 10.0. The van der Waals surface area contributed by atoms with Crippen LogP contribution in [0.2, 0.25) is 0 Å². The second-order valence-corrected chi connectivity index (χ2v) is 5.20. The standard InChI is InChI=1S/C10H16N2OS/c1-12-6-9(5-11-12)14-8-10(7-13)3-2-4-10/h5-6,13H,2-4,7-8H2,1H3. The Kier molecular flexibility index (Phi) is 2.83. The molecule has 3 nitrogen and oxygen atoms in total. The van der Waals surface area contributed by atoms with Crippen molar-refractivity contribution in [2.75, 3.05) is 12.4 Å². The molecular weight excluding hydrogens is 196 g/mol. The number of aromatic nitrogens is 2. The summed E-state index contributed by atoms with van der Waals surface area (Å²) in [5.41, 5.74) is 0.209. The van der Waals surface area contributed by atoms with Gasteiger partial charge in [-0.3, -0.25) is 4.68 Å². The summed E-state index contributed by atoms with van der Waals surface area (Å²) >= 11 is 1.81. The molecule has 1 aliphatic carbocycles. The molecule has 1 N–H and O–H groups in total. The highest BCUT2D eigenvalue weighted by molar-refractivity contribution is 7.99. The maximum Gasteiger partial charge on any atom is 0.0625 e. The molecule has 0 amide bonds. The molecule has 0 radical (unpaired) electrons. The second kappa shape index (κ2) is 3.95. The summed E-state index contributed by atoms with van der Waals surface area (Å²) in [7, 11) is 1.93. The van der Waals surface area contributed by atoms with Gasteiger partial charge in [0.05, 0.1) is 6.20 Å². The van der Waals surface area contributed by atoms with Gasteiger partial charge in [0.2, 0.25) is 0 Å². The van der Waals surface area contributed by atoms with E-state index in [4.69, 9.17) is 0 Å². The Morgan fingerprint density at radius 3 is 2.86 bits per heavy atom. The van der Waals surface area contributed by atoms with Gasteiger partial charge in [0.25, 0.3) is 0 Å². The van der Waals surface area contributed by atoms with Gasteiger partial charge in [0.1, 0.15) is 0 Å². The van der Waals surface area contributed by atoms with Gasteiger partial charge in [-0.2, -0.15) is 5.10 Å². The van der Waals surface area contributed by atoms with E-state index in [1.54, 1.807) is 11.8 Å². The van der Waals surface area contributed by atoms with Crippen LogP contribution in [0.15, 0.2) is 17.3 Å². The molecule has 1 aromatic rings. The van der Waals surface area contributed by atoms with Gasteiger partial charge in [0, 0.05) is 35.9 Å². The van der Waals surface area contributed by atoms with Gasteiger partial charge in [-0.05, 0) is 12.8 Å². The second-order valence-electron chi connectivity index (χ2n) is 4.15. The summed E-state index contributed by atoms with van der Waals surface area (Å²) in [5.74, 6) is 1.02. The molecule has 1 aliphatic rings. The van der Waals surface area contributed by atoms with Gasteiger partial charge < -0.3 is 5.11 Å². The van der Waals surface area contributed by atoms with Crippen molar-refractivity contribution in [3.8, 4) is 0 Å². The number of rotatable bonds is 4. The number of aliphatic hydroxyl groups excluding tert-OH is 1. The maximum atomic E-state index is 9.29. The molecule has 0 atom stereocenters. The van der Waals surface area contributed by atoms with E-state index in [9.17, 15) is 5.11 Å². The minimum absolute atomic E-state index is 0.209. The van der Waals surface area contributed by atoms with Crippen molar-refractivity contribution in [1.82, 2.24) is 9.78 Å². The molecule has 2 rings (SSSR count). The molecule has 1 saturated carbocycles. The van der Waals surface area contributed by atoms with Gasteiger partial charge in [-0.15, -0.1) is 11.8 Å². The molecule has 78 valence electrons. The lowest BCUT2D eigenvalue weighted by Crippen LogP contribution is -2.35. The van der Waals surface area contributed by atoms with Crippen molar-refractivity contribution in [3.63, 3.8) is 0 Å². The van der Waals surface area contributed by atoms with Crippen LogP contribution in [0.1, 0.15) is 19.3 Å². The summed E-state index contributed by atoms with van der Waals surface area (Å²) in [5, 5.41) is 13.4. The number of thioether (sulfide) groups is 1. The van der Waals surface area contributed by atoms with Gasteiger partial charge >= 0.3 is 0 Å². The lowest BCUT2D eigenvalue weighted by atomic mass is 9.71. The molecule has 0 aliphatic heterocycles. The molecule has 0 aromatic carbocycles. The zero-order valence-electron chi connectivity index (χ0n) is 8.44. The van der Waals surface area contributed by atoms with Crippen LogP contribution < -0.4 is 0 Å². The number of aryl methyl sites for hydroxylation is 1. The average Bonchev–Trinajstić information content (AvgIpc) is 2.50. The molecule has 0 bridgehead atoms. The molecule has 1 fully saturated rings. The smallest absolute Gasteiger partial charge is 0.0625 e. The Morgan fingerprint density at radius 1 is 1.64 bits per heavy atom. The van der Waals surface area contributed by atoms with Crippen molar-refractivity contribution in [1.29, 1.82) is 0 Å². The lowest BCUT2D eigenvalue weighted by Gasteiger charge is -2.39. The molecule has 4 heteroatoms. The number of hydrogen-bond donors (Lipinski definition) is 1. The Morgan fingerprint density at radius 2 is 2.43 bits per heavy atom. The number of aliphatic hydroxyl groups is 1. The summed E-state index contributed by atoms with van der Waals surface area (Å²) in [6.07, 6.45) is 7.53. The minimum Gasteiger partial charge on any atom is -0.396 e. The van der Waals surface area contributed by atoms with Crippen LogP contribution in [-0.4, -0.2) is 27.2 Å². The third kappa shape index (κ3) is 1.96. The van der Waals surface area contributed by atoms with E-state index in [2.05, 4.69) is 5.10 Å². The van der Waals surface area contributed by atoms with Crippen LogP contribution in [0.5, 0.6) is 0 Å². The molecule has 1 aromatic heterocycles. The molecule has 0 saturated heterocycles. The fourth-order valence-electron chi connectivity index (χ4n) is 1.73. The van der Waals surface area contributed by atoms with Crippen molar-refractivity contribution in [2.45, 2.75) is 24.2 Å². The number of nitrogens with zero attached hydrogens (tertiary/aromatic N) is 2. The zero-order valence-corrected chi connectivity index (χ0v) is 9.26. The van der Waals surface area contributed by atoms with E-state index in [-0.39, 0.29) is 5.41 Å². The molecule has 0 spiro atoms.